The molecule has 0 radical (unpaired) electrons. The Kier molecular flexibility index (Phi) is 34.2. The molecule has 0 unspecified atom stereocenters. The third-order valence-electron chi connectivity index (χ3n) is 1.69. The van der Waals surface area contributed by atoms with Gasteiger partial charge in [-0.15, -0.1) is 24.3 Å². The average molecular weight is 320 g/mol. The molecule has 0 fully saturated rings. The molecular weight excluding hydrogens is 304 g/mol. The molecule has 2 rings (SSSR count). The molecule has 2 aromatic carbocycles. The van der Waals surface area contributed by atoms with Crippen LogP contribution in [-0.2, 0) is 0 Å². The second-order valence-electron chi connectivity index (χ2n) is 2.97. The monoisotopic (exact) mass is 318 g/mol. The second-order valence-corrected chi connectivity index (χ2v) is 2.97. The van der Waals surface area contributed by atoms with Crippen LogP contribution < -0.4 is 24.8 Å². The Morgan fingerprint density at radius 2 is 0.737 bits per heavy atom. The maximum Gasteiger partial charge on any atom is 2.00 e. The molecule has 0 atom stereocenters. The van der Waals surface area contributed by atoms with Crippen molar-refractivity contribution in [3.63, 3.8) is 0 Å². The van der Waals surface area contributed by atoms with Crippen molar-refractivity contribution in [3.05, 3.63) is 85.6 Å². The van der Waals surface area contributed by atoms with E-state index in [1.54, 1.807) is 0 Å². The zero-order chi connectivity index (χ0) is 10.2. The van der Waals surface area contributed by atoms with Crippen molar-refractivity contribution in [3.8, 4) is 0 Å². The van der Waals surface area contributed by atoms with Gasteiger partial charge in [0.15, 0.2) is 0 Å². The number of halogens is 2. The van der Waals surface area contributed by atoms with Crippen LogP contribution in [-0.4, -0.2) is 51.6 Å². The van der Waals surface area contributed by atoms with Gasteiger partial charge in [-0.3, -0.25) is 0 Å². The van der Waals surface area contributed by atoms with E-state index < -0.39 is 0 Å². The zero-order valence-corrected chi connectivity index (χ0v) is 15.2. The first-order valence-corrected chi connectivity index (χ1v) is 4.53. The maximum atomic E-state index is 3.72. The van der Waals surface area contributed by atoms with Crippen molar-refractivity contribution in [2.75, 3.05) is 0 Å². The van der Waals surface area contributed by atoms with Crippen LogP contribution in [0.3, 0.4) is 0 Å². The van der Waals surface area contributed by atoms with E-state index in [2.05, 4.69) is 13.8 Å². The number of hydrogen-bond acceptors (Lipinski definition) is 0. The fourth-order valence-corrected chi connectivity index (χ4v) is 0.956. The smallest absolute Gasteiger partial charge is 1.00 e. The molecule has 0 saturated heterocycles. The average Bonchev–Trinajstić information content (AvgIpc) is 2.21. The summed E-state index contributed by atoms with van der Waals surface area (Å²) in [5.74, 6) is 0. The third kappa shape index (κ3) is 18.3. The van der Waals surface area contributed by atoms with Crippen molar-refractivity contribution in [1.82, 2.24) is 0 Å². The van der Waals surface area contributed by atoms with Crippen molar-refractivity contribution in [1.29, 1.82) is 0 Å². The van der Waals surface area contributed by atoms with Gasteiger partial charge in [0.2, 0.25) is 0 Å². The summed E-state index contributed by atoms with van der Waals surface area (Å²) in [6.45, 7) is 7.44. The van der Waals surface area contributed by atoms with E-state index in [1.165, 1.54) is 0 Å². The Hall–Kier alpha value is 0.252. The molecule has 0 heterocycles. The fourth-order valence-electron chi connectivity index (χ4n) is 0.956. The molecule has 2 N–H and O–H groups in total. The van der Waals surface area contributed by atoms with Gasteiger partial charge in [-0.25, -0.2) is 0 Å². The predicted octanol–water partition coefficient (Wildman–Crippen LogP) is -3.84. The van der Waals surface area contributed by atoms with Crippen molar-refractivity contribution < 1.29 is 30.3 Å². The van der Waals surface area contributed by atoms with Crippen LogP contribution in [0.4, 0.5) is 0 Å². The Morgan fingerprint density at radius 1 is 0.526 bits per heavy atom. The van der Waals surface area contributed by atoms with E-state index in [9.17, 15) is 0 Å². The fraction of sp³-hybridized carbons (Fsp3) is 0. The summed E-state index contributed by atoms with van der Waals surface area (Å²) in [6.07, 6.45) is 0. The van der Waals surface area contributed by atoms with Gasteiger partial charge in [0.05, 0.1) is 0 Å². The first-order valence-electron chi connectivity index (χ1n) is 4.53. The summed E-state index contributed by atoms with van der Waals surface area (Å²) >= 11 is 0. The van der Waals surface area contributed by atoms with E-state index in [0.29, 0.717) is 0 Å². The van der Waals surface area contributed by atoms with Crippen LogP contribution in [0.25, 0.3) is 0 Å². The van der Waals surface area contributed by atoms with E-state index in [-0.39, 0.29) is 76.4 Å². The summed E-state index contributed by atoms with van der Waals surface area (Å²) < 4.78 is 0. The van der Waals surface area contributed by atoms with E-state index in [4.69, 9.17) is 0 Å². The Morgan fingerprint density at radius 3 is 0.842 bits per heavy atom. The number of hydrogen-bond donors (Lipinski definition) is 0. The molecule has 96 valence electrons. The molecule has 0 amide bonds. The molecule has 0 saturated carbocycles. The minimum absolute atomic E-state index is 0. The van der Waals surface area contributed by atoms with Gasteiger partial charge < -0.3 is 30.3 Å². The Balaban J connectivity index is -0.0000000544. The van der Waals surface area contributed by atoms with E-state index >= 15 is 0 Å². The molecule has 0 aliphatic carbocycles. The molecule has 0 bridgehead atoms. The topological polar surface area (TPSA) is 31.5 Å². The van der Waals surface area contributed by atoms with Gasteiger partial charge in [0.1, 0.15) is 0 Å². The third-order valence-corrected chi connectivity index (χ3v) is 1.69. The number of benzene rings is 2. The first-order chi connectivity index (χ1) is 6.79. The zero-order valence-electron chi connectivity index (χ0n) is 10.9. The van der Waals surface area contributed by atoms with Crippen LogP contribution in [0.5, 0.6) is 0 Å². The Bertz CT molecular complexity index is 321. The molecule has 19 heavy (non-hydrogen) atoms. The molecule has 0 aliphatic heterocycles. The summed E-state index contributed by atoms with van der Waals surface area (Å²) in [6, 6.07) is 19.7. The summed E-state index contributed by atoms with van der Waals surface area (Å²) in [4.78, 5) is 0. The predicted molar refractivity (Wildman–Crippen MR) is 76.9 cm³/mol. The molecule has 2 aromatic rings. The van der Waals surface area contributed by atoms with Crippen LogP contribution in [0.1, 0.15) is 11.1 Å². The SMILES string of the molecule is O.[CH2-]c1ccccc1.[CH2-]c1ccccc1.[Cl-].[Cl-].[Mg+2].[Mg+2]. The Labute approximate surface area is 161 Å². The van der Waals surface area contributed by atoms with Crippen molar-refractivity contribution in [2.24, 2.45) is 0 Å². The van der Waals surface area contributed by atoms with E-state index in [1.807, 2.05) is 60.7 Å². The standard InChI is InChI=1S/2C7H7.2ClH.2Mg.H2O/c2*1-7-5-3-2-4-6-7;;;;;/h2*2-6H,1H2;2*1H;;;1H2/q2*-1;;;2*+2;/p-2. The summed E-state index contributed by atoms with van der Waals surface area (Å²) in [5.41, 5.74) is 2.14. The summed E-state index contributed by atoms with van der Waals surface area (Å²) in [7, 11) is 0. The molecular formula is C14H16Cl2Mg2O. The van der Waals surface area contributed by atoms with Crippen LogP contribution >= 0.6 is 0 Å². The van der Waals surface area contributed by atoms with Crippen molar-refractivity contribution in [2.45, 2.75) is 0 Å². The van der Waals surface area contributed by atoms with Crippen LogP contribution in [0, 0.1) is 13.8 Å². The van der Waals surface area contributed by atoms with E-state index in [0.717, 1.165) is 11.1 Å². The van der Waals surface area contributed by atoms with Gasteiger partial charge in [0.25, 0.3) is 0 Å². The number of rotatable bonds is 0. The minimum Gasteiger partial charge on any atom is -1.00 e. The van der Waals surface area contributed by atoms with Crippen molar-refractivity contribution >= 4 is 46.1 Å². The molecule has 0 spiro atoms. The maximum absolute atomic E-state index is 3.72. The quantitative estimate of drug-likeness (QED) is 0.352. The molecule has 0 aromatic heterocycles. The molecule has 1 nitrogen and oxygen atoms in total. The second kappa shape index (κ2) is 20.6. The van der Waals surface area contributed by atoms with Gasteiger partial charge in [0, 0.05) is 0 Å². The van der Waals surface area contributed by atoms with Gasteiger partial charge in [-0.1, -0.05) is 12.1 Å². The molecule has 5 heteroatoms. The summed E-state index contributed by atoms with van der Waals surface area (Å²) in [5, 5.41) is 0. The minimum atomic E-state index is 0. The van der Waals surface area contributed by atoms with Crippen LogP contribution in [0.2, 0.25) is 0 Å². The normalized spacial score (nSPS) is 6.32. The van der Waals surface area contributed by atoms with Gasteiger partial charge in [-0.2, -0.15) is 49.2 Å². The van der Waals surface area contributed by atoms with Gasteiger partial charge in [-0.05, 0) is 0 Å². The van der Waals surface area contributed by atoms with Gasteiger partial charge >= 0.3 is 46.1 Å². The largest absolute Gasteiger partial charge is 2.00 e. The first kappa shape index (κ1) is 31.6. The van der Waals surface area contributed by atoms with Crippen LogP contribution in [0.15, 0.2) is 60.7 Å². The molecule has 0 aliphatic rings.